The van der Waals surface area contributed by atoms with E-state index in [0.717, 1.165) is 12.1 Å². The summed E-state index contributed by atoms with van der Waals surface area (Å²) in [6.45, 7) is 3.80. The van der Waals surface area contributed by atoms with Crippen molar-refractivity contribution in [1.29, 1.82) is 0 Å². The van der Waals surface area contributed by atoms with Gasteiger partial charge in [-0.25, -0.2) is 0 Å². The smallest absolute Gasteiger partial charge is 0.416 e. The van der Waals surface area contributed by atoms with Gasteiger partial charge < -0.3 is 9.84 Å². The zero-order chi connectivity index (χ0) is 24.1. The minimum atomic E-state index is -4.56. The van der Waals surface area contributed by atoms with E-state index in [0.29, 0.717) is 23.3 Å². The third-order valence-corrected chi connectivity index (χ3v) is 6.18. The van der Waals surface area contributed by atoms with Crippen molar-refractivity contribution in [3.05, 3.63) is 64.9 Å². The van der Waals surface area contributed by atoms with Gasteiger partial charge in [0.15, 0.2) is 17.3 Å². The van der Waals surface area contributed by atoms with E-state index < -0.39 is 29.0 Å². The number of allylic oxidation sites excluding steroid dienone is 2. The largest absolute Gasteiger partial charge is 0.504 e. The predicted molar refractivity (Wildman–Crippen MR) is 116 cm³/mol. The molecule has 1 atom stereocenters. The molecule has 1 heterocycles. The van der Waals surface area contributed by atoms with Gasteiger partial charge in [-0.05, 0) is 47.7 Å². The summed E-state index contributed by atoms with van der Waals surface area (Å²) in [5.74, 6) is -0.962. The van der Waals surface area contributed by atoms with Gasteiger partial charge in [0.05, 0.1) is 12.7 Å². The number of aromatic hydroxyl groups is 1. The molecular formula is C25H24F3NO4. The zero-order valence-corrected chi connectivity index (χ0v) is 18.5. The average Bonchev–Trinajstić information content (AvgIpc) is 2.72. The number of alkyl halides is 3. The van der Waals surface area contributed by atoms with Gasteiger partial charge in [0.25, 0.3) is 0 Å². The van der Waals surface area contributed by atoms with Crippen molar-refractivity contribution in [2.24, 2.45) is 5.41 Å². The number of anilines is 1. The predicted octanol–water partition coefficient (Wildman–Crippen LogP) is 5.58. The van der Waals surface area contributed by atoms with E-state index in [4.69, 9.17) is 4.74 Å². The molecule has 1 unspecified atom stereocenters. The number of hydrogen-bond donors (Lipinski definition) is 1. The molecular weight excluding hydrogens is 435 g/mol. The van der Waals surface area contributed by atoms with Crippen molar-refractivity contribution in [2.45, 2.75) is 45.2 Å². The van der Waals surface area contributed by atoms with Gasteiger partial charge in [-0.2, -0.15) is 13.2 Å². The van der Waals surface area contributed by atoms with Crippen LogP contribution < -0.4 is 9.64 Å². The van der Waals surface area contributed by atoms with Crippen molar-refractivity contribution in [3.63, 3.8) is 0 Å². The number of phenols is 1. The minimum Gasteiger partial charge on any atom is -0.504 e. The number of benzene rings is 2. The van der Waals surface area contributed by atoms with E-state index in [-0.39, 0.29) is 35.8 Å². The topological polar surface area (TPSA) is 66.8 Å². The standard InChI is InChI=1S/C25H24F3NO4/c1-24(2)12-18-23(20(31)13-24)17(14-7-8-19(30)21(9-14)33-3)11-22(32)29(18)16-6-4-5-15(10-16)25(26,27)28/h4-10,17,30H,11-13H2,1-3H3. The Kier molecular flexibility index (Phi) is 5.50. The summed E-state index contributed by atoms with van der Waals surface area (Å²) < 4.78 is 45.2. The first-order valence-corrected chi connectivity index (χ1v) is 10.5. The Morgan fingerprint density at radius 3 is 2.48 bits per heavy atom. The van der Waals surface area contributed by atoms with Gasteiger partial charge in [-0.3, -0.25) is 14.5 Å². The van der Waals surface area contributed by atoms with Gasteiger partial charge in [0, 0.05) is 35.7 Å². The number of carbonyl (C=O) groups is 2. The van der Waals surface area contributed by atoms with Gasteiger partial charge in [0.1, 0.15) is 0 Å². The van der Waals surface area contributed by atoms with Crippen LogP contribution >= 0.6 is 0 Å². The molecule has 0 saturated heterocycles. The first-order valence-electron chi connectivity index (χ1n) is 10.5. The monoisotopic (exact) mass is 459 g/mol. The molecule has 8 heteroatoms. The van der Waals surface area contributed by atoms with Gasteiger partial charge in [-0.15, -0.1) is 0 Å². The number of methoxy groups -OCH3 is 1. The summed E-state index contributed by atoms with van der Waals surface area (Å²) in [5, 5.41) is 9.95. The fourth-order valence-electron chi connectivity index (χ4n) is 4.73. The summed E-state index contributed by atoms with van der Waals surface area (Å²) in [4.78, 5) is 27.9. The van der Waals surface area contributed by atoms with E-state index in [1.54, 1.807) is 12.1 Å². The molecule has 174 valence electrons. The number of ether oxygens (including phenoxy) is 1. The quantitative estimate of drug-likeness (QED) is 0.651. The molecule has 2 aromatic carbocycles. The fraction of sp³-hybridized carbons (Fsp3) is 0.360. The third-order valence-electron chi connectivity index (χ3n) is 6.18. The van der Waals surface area contributed by atoms with Crippen LogP contribution in [0.15, 0.2) is 53.7 Å². The normalized spacial score (nSPS) is 20.7. The molecule has 33 heavy (non-hydrogen) atoms. The Hall–Kier alpha value is -3.29. The number of halogens is 3. The van der Waals surface area contributed by atoms with Crippen LogP contribution in [0.25, 0.3) is 0 Å². The Balaban J connectivity index is 1.89. The number of nitrogens with zero attached hydrogens (tertiary/aromatic N) is 1. The van der Waals surface area contributed by atoms with Crippen LogP contribution in [0.4, 0.5) is 18.9 Å². The minimum absolute atomic E-state index is 0.0701. The Labute approximate surface area is 189 Å². The Bertz CT molecular complexity index is 1170. The third kappa shape index (κ3) is 4.21. The fourth-order valence-corrected chi connectivity index (χ4v) is 4.73. The molecule has 1 aliphatic heterocycles. The molecule has 5 nitrogen and oxygen atoms in total. The highest BCUT2D eigenvalue weighted by Crippen LogP contribution is 2.49. The highest BCUT2D eigenvalue weighted by molar-refractivity contribution is 6.07. The Morgan fingerprint density at radius 2 is 1.82 bits per heavy atom. The van der Waals surface area contributed by atoms with Crippen LogP contribution in [0, 0.1) is 5.41 Å². The molecule has 2 aliphatic rings. The van der Waals surface area contributed by atoms with Crippen LogP contribution in [0.3, 0.4) is 0 Å². The molecule has 2 aromatic rings. The highest BCUT2D eigenvalue weighted by atomic mass is 19.4. The lowest BCUT2D eigenvalue weighted by Gasteiger charge is -2.43. The maximum Gasteiger partial charge on any atom is 0.416 e. The van der Waals surface area contributed by atoms with E-state index in [9.17, 15) is 27.9 Å². The SMILES string of the molecule is COc1cc(C2CC(=O)N(c3cccc(C(F)(F)F)c3)C3=C2C(=O)CC(C)(C)C3)ccc1O. The molecule has 1 amide bonds. The van der Waals surface area contributed by atoms with Crippen LogP contribution in [0.2, 0.25) is 0 Å². The van der Waals surface area contributed by atoms with Crippen molar-refractivity contribution < 1.29 is 32.6 Å². The van der Waals surface area contributed by atoms with Crippen LogP contribution in [-0.4, -0.2) is 23.9 Å². The molecule has 0 saturated carbocycles. The Morgan fingerprint density at radius 1 is 1.09 bits per heavy atom. The number of rotatable bonds is 3. The van der Waals surface area contributed by atoms with Gasteiger partial charge in [-0.1, -0.05) is 26.0 Å². The molecule has 0 spiro atoms. The van der Waals surface area contributed by atoms with Crippen molar-refractivity contribution in [2.75, 3.05) is 12.0 Å². The maximum atomic E-state index is 13.4. The average molecular weight is 459 g/mol. The second-order valence-electron chi connectivity index (χ2n) is 9.27. The summed E-state index contributed by atoms with van der Waals surface area (Å²) in [6.07, 6.45) is -4.02. The highest BCUT2D eigenvalue weighted by Gasteiger charge is 2.45. The number of carbonyl (C=O) groups excluding carboxylic acids is 2. The van der Waals surface area contributed by atoms with E-state index in [2.05, 4.69) is 0 Å². The van der Waals surface area contributed by atoms with Crippen molar-refractivity contribution in [1.82, 2.24) is 0 Å². The van der Waals surface area contributed by atoms with Gasteiger partial charge in [0.2, 0.25) is 5.91 Å². The lowest BCUT2D eigenvalue weighted by atomic mass is 9.69. The lowest BCUT2D eigenvalue weighted by molar-refractivity contribution is -0.137. The first-order chi connectivity index (χ1) is 15.4. The summed E-state index contributed by atoms with van der Waals surface area (Å²) in [7, 11) is 1.40. The van der Waals surface area contributed by atoms with Crippen molar-refractivity contribution in [3.8, 4) is 11.5 Å². The number of ketones is 1. The van der Waals surface area contributed by atoms with Crippen LogP contribution in [-0.2, 0) is 15.8 Å². The maximum absolute atomic E-state index is 13.4. The second-order valence-corrected chi connectivity index (χ2v) is 9.27. The molecule has 1 N–H and O–H groups in total. The van der Waals surface area contributed by atoms with Crippen molar-refractivity contribution >= 4 is 17.4 Å². The molecule has 0 aromatic heterocycles. The molecule has 1 aliphatic carbocycles. The lowest BCUT2D eigenvalue weighted by Crippen LogP contribution is -2.43. The van der Waals surface area contributed by atoms with Gasteiger partial charge >= 0.3 is 6.18 Å². The number of Topliss-reactive ketones (excluding diaryl/α,β-unsaturated/α-hetero) is 1. The molecule has 0 fully saturated rings. The van der Waals surface area contributed by atoms with Crippen LogP contribution in [0.1, 0.15) is 50.2 Å². The second kappa shape index (κ2) is 7.93. The van der Waals surface area contributed by atoms with Crippen LogP contribution in [0.5, 0.6) is 11.5 Å². The zero-order valence-electron chi connectivity index (χ0n) is 18.5. The molecule has 4 rings (SSSR count). The van der Waals surface area contributed by atoms with E-state index in [1.807, 2.05) is 13.8 Å². The number of amides is 1. The van der Waals surface area contributed by atoms with E-state index in [1.165, 1.54) is 30.2 Å². The summed E-state index contributed by atoms with van der Waals surface area (Å²) >= 11 is 0. The summed E-state index contributed by atoms with van der Waals surface area (Å²) in [5.41, 5.74) is 0.270. The first kappa shape index (κ1) is 22.9. The molecule has 0 radical (unpaired) electrons. The summed E-state index contributed by atoms with van der Waals surface area (Å²) in [6, 6.07) is 9.27. The van der Waals surface area contributed by atoms with E-state index >= 15 is 0 Å². The number of phenolic OH excluding ortho intramolecular Hbond substituents is 1. The molecule has 0 bridgehead atoms. The number of hydrogen-bond acceptors (Lipinski definition) is 4.